The van der Waals surface area contributed by atoms with Crippen molar-refractivity contribution >= 4 is 9.84 Å². The molecule has 1 aliphatic heterocycles. The summed E-state index contributed by atoms with van der Waals surface area (Å²) in [5.74, 6) is 0.134. The molecule has 1 fully saturated rings. The standard InChI is InChI=1S/C13H19FN2O2S/c1-16(12-6-7-19(17,18)9-12)13(8-15)10-2-4-11(14)5-3-10/h2-5,12-13H,6-9,15H2,1H3. The van der Waals surface area contributed by atoms with E-state index in [9.17, 15) is 12.8 Å². The third-order valence-corrected chi connectivity index (χ3v) is 5.50. The number of likely N-dealkylation sites (N-methyl/N-ethyl adjacent to an activating group) is 1. The van der Waals surface area contributed by atoms with E-state index in [0.29, 0.717) is 13.0 Å². The molecule has 0 aliphatic carbocycles. The van der Waals surface area contributed by atoms with Gasteiger partial charge in [0.1, 0.15) is 5.82 Å². The first-order valence-electron chi connectivity index (χ1n) is 6.31. The minimum atomic E-state index is -2.91. The SMILES string of the molecule is CN(C1CCS(=O)(=O)C1)C(CN)c1ccc(F)cc1. The highest BCUT2D eigenvalue weighted by atomic mass is 32.2. The van der Waals surface area contributed by atoms with Gasteiger partial charge in [-0.1, -0.05) is 12.1 Å². The zero-order valence-corrected chi connectivity index (χ0v) is 11.7. The van der Waals surface area contributed by atoms with Gasteiger partial charge in [-0.15, -0.1) is 0 Å². The minimum Gasteiger partial charge on any atom is -0.329 e. The molecule has 19 heavy (non-hydrogen) atoms. The van der Waals surface area contributed by atoms with Crippen molar-refractivity contribution in [2.24, 2.45) is 5.73 Å². The number of hydrogen-bond acceptors (Lipinski definition) is 4. The van der Waals surface area contributed by atoms with Crippen LogP contribution in [0.15, 0.2) is 24.3 Å². The van der Waals surface area contributed by atoms with Crippen molar-refractivity contribution in [3.63, 3.8) is 0 Å². The molecule has 0 amide bonds. The fourth-order valence-corrected chi connectivity index (χ4v) is 4.36. The van der Waals surface area contributed by atoms with Crippen molar-refractivity contribution in [3.05, 3.63) is 35.6 Å². The van der Waals surface area contributed by atoms with E-state index in [1.807, 2.05) is 11.9 Å². The fraction of sp³-hybridized carbons (Fsp3) is 0.538. The highest BCUT2D eigenvalue weighted by Gasteiger charge is 2.33. The van der Waals surface area contributed by atoms with Crippen molar-refractivity contribution in [2.75, 3.05) is 25.1 Å². The monoisotopic (exact) mass is 286 g/mol. The van der Waals surface area contributed by atoms with Crippen LogP contribution in [0.25, 0.3) is 0 Å². The van der Waals surface area contributed by atoms with Crippen molar-refractivity contribution in [3.8, 4) is 0 Å². The number of sulfone groups is 1. The summed E-state index contributed by atoms with van der Waals surface area (Å²) >= 11 is 0. The molecule has 0 bridgehead atoms. The molecule has 1 aromatic carbocycles. The maximum absolute atomic E-state index is 12.9. The van der Waals surface area contributed by atoms with Crippen LogP contribution in [0, 0.1) is 5.82 Å². The van der Waals surface area contributed by atoms with Crippen molar-refractivity contribution in [1.29, 1.82) is 0 Å². The molecule has 2 rings (SSSR count). The van der Waals surface area contributed by atoms with Gasteiger partial charge in [0.15, 0.2) is 9.84 Å². The van der Waals surface area contributed by atoms with Gasteiger partial charge >= 0.3 is 0 Å². The number of benzene rings is 1. The lowest BCUT2D eigenvalue weighted by Gasteiger charge is -2.32. The second kappa shape index (κ2) is 5.56. The molecule has 0 radical (unpaired) electrons. The third kappa shape index (κ3) is 3.32. The van der Waals surface area contributed by atoms with Crippen LogP contribution in [0.1, 0.15) is 18.0 Å². The third-order valence-electron chi connectivity index (χ3n) is 3.75. The van der Waals surface area contributed by atoms with Crippen LogP contribution in [-0.2, 0) is 9.84 Å². The average molecular weight is 286 g/mol. The molecule has 1 aromatic rings. The van der Waals surface area contributed by atoms with Crippen LogP contribution in [0.5, 0.6) is 0 Å². The lowest BCUT2D eigenvalue weighted by molar-refractivity contribution is 0.192. The normalized spacial score (nSPS) is 23.7. The zero-order valence-electron chi connectivity index (χ0n) is 10.9. The topological polar surface area (TPSA) is 63.4 Å². The smallest absolute Gasteiger partial charge is 0.151 e. The summed E-state index contributed by atoms with van der Waals surface area (Å²) in [7, 11) is -1.03. The Hall–Kier alpha value is -0.980. The van der Waals surface area contributed by atoms with Crippen molar-refractivity contribution < 1.29 is 12.8 Å². The van der Waals surface area contributed by atoms with Gasteiger partial charge in [0.25, 0.3) is 0 Å². The quantitative estimate of drug-likeness (QED) is 0.895. The van der Waals surface area contributed by atoms with E-state index in [2.05, 4.69) is 0 Å². The molecular formula is C13H19FN2O2S. The Kier molecular flexibility index (Phi) is 4.23. The maximum atomic E-state index is 12.9. The van der Waals surface area contributed by atoms with Gasteiger partial charge in [-0.3, -0.25) is 4.90 Å². The van der Waals surface area contributed by atoms with Crippen LogP contribution in [0.2, 0.25) is 0 Å². The van der Waals surface area contributed by atoms with Gasteiger partial charge in [-0.25, -0.2) is 12.8 Å². The first kappa shape index (κ1) is 14.4. The summed E-state index contributed by atoms with van der Waals surface area (Å²) in [4.78, 5) is 2.00. The molecule has 1 aliphatic rings. The van der Waals surface area contributed by atoms with Gasteiger partial charge in [0.05, 0.1) is 11.5 Å². The number of hydrogen-bond donors (Lipinski definition) is 1. The largest absolute Gasteiger partial charge is 0.329 e. The second-order valence-electron chi connectivity index (χ2n) is 5.03. The van der Waals surface area contributed by atoms with Gasteiger partial charge < -0.3 is 5.73 Å². The van der Waals surface area contributed by atoms with E-state index in [1.165, 1.54) is 12.1 Å². The Bertz CT molecular complexity index is 530. The van der Waals surface area contributed by atoms with Gasteiger partial charge in [0.2, 0.25) is 0 Å². The summed E-state index contributed by atoms with van der Waals surface area (Å²) in [6.07, 6.45) is 0.635. The van der Waals surface area contributed by atoms with E-state index < -0.39 is 9.84 Å². The average Bonchev–Trinajstić information content (AvgIpc) is 2.73. The molecule has 0 spiro atoms. The van der Waals surface area contributed by atoms with E-state index in [1.54, 1.807) is 12.1 Å². The van der Waals surface area contributed by atoms with E-state index >= 15 is 0 Å². The predicted molar refractivity (Wildman–Crippen MR) is 73.0 cm³/mol. The fourth-order valence-electron chi connectivity index (χ4n) is 2.57. The van der Waals surface area contributed by atoms with Crippen LogP contribution in [0.4, 0.5) is 4.39 Å². The number of halogens is 1. The summed E-state index contributed by atoms with van der Waals surface area (Å²) < 4.78 is 36.0. The van der Waals surface area contributed by atoms with Gasteiger partial charge in [-0.05, 0) is 31.2 Å². The van der Waals surface area contributed by atoms with Crippen LogP contribution in [0.3, 0.4) is 0 Å². The number of rotatable bonds is 4. The van der Waals surface area contributed by atoms with Crippen molar-refractivity contribution in [1.82, 2.24) is 4.90 Å². The summed E-state index contributed by atoms with van der Waals surface area (Å²) in [6.45, 7) is 0.374. The Morgan fingerprint density at radius 3 is 2.53 bits per heavy atom. The molecule has 2 unspecified atom stereocenters. The Morgan fingerprint density at radius 1 is 1.42 bits per heavy atom. The Balaban J connectivity index is 2.15. The highest BCUT2D eigenvalue weighted by molar-refractivity contribution is 7.91. The molecule has 4 nitrogen and oxygen atoms in total. The van der Waals surface area contributed by atoms with Crippen LogP contribution in [-0.4, -0.2) is 44.5 Å². The first-order chi connectivity index (χ1) is 8.93. The summed E-state index contributed by atoms with van der Waals surface area (Å²) in [5, 5.41) is 0. The van der Waals surface area contributed by atoms with Gasteiger partial charge in [-0.2, -0.15) is 0 Å². The maximum Gasteiger partial charge on any atom is 0.151 e. The molecule has 2 N–H and O–H groups in total. The number of nitrogens with two attached hydrogens (primary N) is 1. The molecule has 106 valence electrons. The molecule has 0 saturated carbocycles. The predicted octanol–water partition coefficient (Wildman–Crippen LogP) is 0.944. The van der Waals surface area contributed by atoms with Gasteiger partial charge in [0, 0.05) is 18.6 Å². The molecule has 6 heteroatoms. The van der Waals surface area contributed by atoms with E-state index in [0.717, 1.165) is 5.56 Å². The summed E-state index contributed by atoms with van der Waals surface area (Å²) in [5.41, 5.74) is 6.71. The van der Waals surface area contributed by atoms with Crippen molar-refractivity contribution in [2.45, 2.75) is 18.5 Å². The number of nitrogens with zero attached hydrogens (tertiary/aromatic N) is 1. The molecule has 2 atom stereocenters. The Morgan fingerprint density at radius 2 is 2.05 bits per heavy atom. The molecular weight excluding hydrogens is 267 g/mol. The van der Waals surface area contributed by atoms with E-state index in [4.69, 9.17) is 5.73 Å². The lowest BCUT2D eigenvalue weighted by Crippen LogP contribution is -2.39. The summed E-state index contributed by atoms with van der Waals surface area (Å²) in [6, 6.07) is 6.11. The van der Waals surface area contributed by atoms with E-state index in [-0.39, 0.29) is 29.4 Å². The minimum absolute atomic E-state index is 0.0106. The lowest BCUT2D eigenvalue weighted by atomic mass is 10.0. The van der Waals surface area contributed by atoms with Crippen LogP contribution >= 0.6 is 0 Å². The molecule has 0 aromatic heterocycles. The van der Waals surface area contributed by atoms with Crippen LogP contribution < -0.4 is 5.73 Å². The zero-order chi connectivity index (χ0) is 14.0. The first-order valence-corrected chi connectivity index (χ1v) is 8.13. The molecule has 1 saturated heterocycles. The Labute approximate surface area is 113 Å². The second-order valence-corrected chi connectivity index (χ2v) is 7.25. The highest BCUT2D eigenvalue weighted by Crippen LogP contribution is 2.26. The molecule has 1 heterocycles.